The maximum atomic E-state index is 12.3. The normalized spacial score (nSPS) is 11.1. The first-order valence-corrected chi connectivity index (χ1v) is 9.26. The number of benzene rings is 1. The third kappa shape index (κ3) is 4.17. The van der Waals surface area contributed by atoms with Crippen molar-refractivity contribution >= 4 is 11.2 Å². The monoisotopic (exact) mass is 392 g/mol. The smallest absolute Gasteiger partial charge is 0.421 e. The maximum Gasteiger partial charge on any atom is 0.421 e. The van der Waals surface area contributed by atoms with Crippen LogP contribution in [0.1, 0.15) is 17.7 Å². The number of aryl methyl sites for hydroxylation is 1. The van der Waals surface area contributed by atoms with Gasteiger partial charge in [-0.05, 0) is 30.7 Å². The highest BCUT2D eigenvalue weighted by Crippen LogP contribution is 2.19. The summed E-state index contributed by atoms with van der Waals surface area (Å²) < 4.78 is 12.3. The Morgan fingerprint density at radius 1 is 1.17 bits per heavy atom. The molecule has 8 heteroatoms. The molecule has 148 valence electrons. The van der Waals surface area contributed by atoms with Crippen LogP contribution in [0.3, 0.4) is 0 Å². The Labute approximate surface area is 166 Å². The standard InChI is InChI=1S/C21H20N4O4/c1-14-6-7-18-20(24-14)25(21(27)29-18)13-15-4-2-5-16(10-15)19-22-11-17(12-23-19)28-9-3-8-26/h2,4-7,10-12,26H,3,8-9,13H2,1H3. The van der Waals surface area contributed by atoms with Crippen LogP contribution in [0.4, 0.5) is 0 Å². The lowest BCUT2D eigenvalue weighted by atomic mass is 10.1. The minimum Gasteiger partial charge on any atom is -0.490 e. The minimum atomic E-state index is -0.441. The molecule has 1 aromatic carbocycles. The number of aliphatic hydroxyl groups is 1. The molecule has 0 unspecified atom stereocenters. The highest BCUT2D eigenvalue weighted by molar-refractivity contribution is 5.68. The maximum absolute atomic E-state index is 12.3. The number of oxazole rings is 1. The molecule has 0 bridgehead atoms. The number of pyridine rings is 1. The van der Waals surface area contributed by atoms with Crippen LogP contribution in [-0.2, 0) is 6.54 Å². The second-order valence-corrected chi connectivity index (χ2v) is 6.60. The number of hydrogen-bond acceptors (Lipinski definition) is 7. The molecule has 0 atom stereocenters. The van der Waals surface area contributed by atoms with Crippen LogP contribution in [0.25, 0.3) is 22.6 Å². The van der Waals surface area contributed by atoms with Gasteiger partial charge in [0.05, 0.1) is 25.5 Å². The van der Waals surface area contributed by atoms with Gasteiger partial charge in [0.1, 0.15) is 0 Å². The van der Waals surface area contributed by atoms with E-state index < -0.39 is 5.76 Å². The predicted octanol–water partition coefficient (Wildman–Crippen LogP) is 2.56. The van der Waals surface area contributed by atoms with Gasteiger partial charge in [-0.3, -0.25) is 4.57 Å². The molecular weight excluding hydrogens is 372 g/mol. The largest absolute Gasteiger partial charge is 0.490 e. The van der Waals surface area contributed by atoms with Gasteiger partial charge >= 0.3 is 5.76 Å². The van der Waals surface area contributed by atoms with E-state index in [1.807, 2.05) is 37.3 Å². The summed E-state index contributed by atoms with van der Waals surface area (Å²) in [4.78, 5) is 25.4. The Morgan fingerprint density at radius 3 is 2.79 bits per heavy atom. The van der Waals surface area contributed by atoms with Gasteiger partial charge in [0.25, 0.3) is 0 Å². The molecule has 0 aliphatic heterocycles. The summed E-state index contributed by atoms with van der Waals surface area (Å²) in [6, 6.07) is 11.2. The zero-order valence-corrected chi connectivity index (χ0v) is 15.9. The van der Waals surface area contributed by atoms with Gasteiger partial charge in [-0.2, -0.15) is 0 Å². The van der Waals surface area contributed by atoms with E-state index in [2.05, 4.69) is 15.0 Å². The molecule has 1 N–H and O–H groups in total. The van der Waals surface area contributed by atoms with Crippen LogP contribution < -0.4 is 10.5 Å². The summed E-state index contributed by atoms with van der Waals surface area (Å²) >= 11 is 0. The van der Waals surface area contributed by atoms with E-state index in [0.717, 1.165) is 16.8 Å². The predicted molar refractivity (Wildman–Crippen MR) is 107 cm³/mol. The molecule has 29 heavy (non-hydrogen) atoms. The van der Waals surface area contributed by atoms with Crippen molar-refractivity contribution in [2.45, 2.75) is 19.9 Å². The lowest BCUT2D eigenvalue weighted by Gasteiger charge is -2.07. The van der Waals surface area contributed by atoms with Gasteiger partial charge in [-0.25, -0.2) is 19.7 Å². The van der Waals surface area contributed by atoms with E-state index in [4.69, 9.17) is 14.3 Å². The first-order valence-electron chi connectivity index (χ1n) is 9.26. The fourth-order valence-electron chi connectivity index (χ4n) is 2.96. The van der Waals surface area contributed by atoms with Crippen molar-refractivity contribution in [3.63, 3.8) is 0 Å². The van der Waals surface area contributed by atoms with Crippen LogP contribution in [0.2, 0.25) is 0 Å². The Hall–Kier alpha value is -3.52. The number of ether oxygens (including phenoxy) is 1. The summed E-state index contributed by atoms with van der Waals surface area (Å²) in [7, 11) is 0. The van der Waals surface area contributed by atoms with Gasteiger partial charge in [-0.15, -0.1) is 0 Å². The van der Waals surface area contributed by atoms with E-state index >= 15 is 0 Å². The highest BCUT2D eigenvalue weighted by Gasteiger charge is 2.12. The van der Waals surface area contributed by atoms with E-state index in [9.17, 15) is 4.79 Å². The molecule has 3 aromatic heterocycles. The van der Waals surface area contributed by atoms with E-state index in [-0.39, 0.29) is 6.61 Å². The topological polar surface area (TPSA) is 103 Å². The molecule has 0 amide bonds. The minimum absolute atomic E-state index is 0.0792. The average molecular weight is 392 g/mol. The van der Waals surface area contributed by atoms with Crippen molar-refractivity contribution in [3.8, 4) is 17.1 Å². The second-order valence-electron chi connectivity index (χ2n) is 6.60. The summed E-state index contributed by atoms with van der Waals surface area (Å²) in [6.45, 7) is 2.69. The van der Waals surface area contributed by atoms with Gasteiger partial charge in [-0.1, -0.05) is 18.2 Å². The van der Waals surface area contributed by atoms with Crippen LogP contribution in [0, 0.1) is 6.92 Å². The van der Waals surface area contributed by atoms with Crippen molar-refractivity contribution in [3.05, 3.63) is 70.6 Å². The fourth-order valence-corrected chi connectivity index (χ4v) is 2.96. The number of nitrogens with zero attached hydrogens (tertiary/aromatic N) is 4. The Bertz CT molecular complexity index is 1180. The molecule has 0 aliphatic carbocycles. The molecule has 4 aromatic rings. The van der Waals surface area contributed by atoms with Crippen molar-refractivity contribution < 1.29 is 14.3 Å². The molecular formula is C21H20N4O4. The van der Waals surface area contributed by atoms with E-state index in [1.165, 1.54) is 4.57 Å². The lowest BCUT2D eigenvalue weighted by Crippen LogP contribution is -2.15. The molecule has 3 heterocycles. The molecule has 0 fully saturated rings. The van der Waals surface area contributed by atoms with Crippen LogP contribution in [-0.4, -0.2) is 37.8 Å². The number of aromatic nitrogens is 4. The van der Waals surface area contributed by atoms with Crippen molar-refractivity contribution in [1.82, 2.24) is 19.5 Å². The van der Waals surface area contributed by atoms with Crippen molar-refractivity contribution in [2.75, 3.05) is 13.2 Å². The Kier molecular flexibility index (Phi) is 5.35. The summed E-state index contributed by atoms with van der Waals surface area (Å²) in [6.07, 6.45) is 3.76. The molecule has 8 nitrogen and oxygen atoms in total. The van der Waals surface area contributed by atoms with Gasteiger partial charge in [0.2, 0.25) is 0 Å². The first kappa shape index (κ1) is 18.8. The summed E-state index contributed by atoms with van der Waals surface area (Å²) in [5.41, 5.74) is 3.55. The number of aliphatic hydroxyl groups excluding tert-OH is 1. The summed E-state index contributed by atoms with van der Waals surface area (Å²) in [5, 5.41) is 8.80. The second kappa shape index (κ2) is 8.24. The SMILES string of the molecule is Cc1ccc2oc(=O)n(Cc3cccc(-c4ncc(OCCCO)cn4)c3)c2n1. The third-order valence-electron chi connectivity index (χ3n) is 4.38. The fraction of sp³-hybridized carbons (Fsp3) is 0.238. The van der Waals surface area contributed by atoms with E-state index in [0.29, 0.717) is 42.4 Å². The molecule has 0 saturated carbocycles. The van der Waals surface area contributed by atoms with Gasteiger partial charge < -0.3 is 14.3 Å². The quantitative estimate of drug-likeness (QED) is 0.482. The molecule has 4 rings (SSSR count). The average Bonchev–Trinajstić information content (AvgIpc) is 3.04. The Balaban J connectivity index is 1.58. The zero-order valence-electron chi connectivity index (χ0n) is 15.9. The first-order chi connectivity index (χ1) is 14.1. The number of rotatable bonds is 7. The highest BCUT2D eigenvalue weighted by atomic mass is 16.5. The van der Waals surface area contributed by atoms with Crippen LogP contribution in [0.15, 0.2) is 58.0 Å². The van der Waals surface area contributed by atoms with Crippen LogP contribution >= 0.6 is 0 Å². The van der Waals surface area contributed by atoms with E-state index in [1.54, 1.807) is 18.5 Å². The van der Waals surface area contributed by atoms with Crippen LogP contribution in [0.5, 0.6) is 5.75 Å². The van der Waals surface area contributed by atoms with Crippen molar-refractivity contribution in [2.24, 2.45) is 0 Å². The van der Waals surface area contributed by atoms with Gasteiger partial charge in [0.15, 0.2) is 22.8 Å². The van der Waals surface area contributed by atoms with Gasteiger partial charge in [0, 0.05) is 24.3 Å². The number of fused-ring (bicyclic) bond motifs is 1. The Morgan fingerprint density at radius 2 is 2.00 bits per heavy atom. The lowest BCUT2D eigenvalue weighted by molar-refractivity contribution is 0.233. The molecule has 0 radical (unpaired) electrons. The zero-order chi connectivity index (χ0) is 20.2. The molecule has 0 aliphatic rings. The summed E-state index contributed by atoms with van der Waals surface area (Å²) in [5.74, 6) is 0.667. The number of hydrogen-bond donors (Lipinski definition) is 1. The van der Waals surface area contributed by atoms with Crippen molar-refractivity contribution in [1.29, 1.82) is 0 Å². The third-order valence-corrected chi connectivity index (χ3v) is 4.38. The molecule has 0 saturated heterocycles. The molecule has 0 spiro atoms.